The summed E-state index contributed by atoms with van der Waals surface area (Å²) >= 11 is 0. The van der Waals surface area contributed by atoms with Crippen LogP contribution >= 0.6 is 0 Å². The van der Waals surface area contributed by atoms with E-state index >= 15 is 0 Å². The van der Waals surface area contributed by atoms with Crippen molar-refractivity contribution in [3.05, 3.63) is 0 Å². The lowest BCUT2D eigenvalue weighted by atomic mass is 10.1. The van der Waals surface area contributed by atoms with Crippen molar-refractivity contribution >= 4 is 0 Å². The molecule has 3 atom stereocenters. The number of piperazine rings is 1. The van der Waals surface area contributed by atoms with Gasteiger partial charge in [-0.3, -0.25) is 4.90 Å². The minimum Gasteiger partial charge on any atom is -0.309 e. The molecule has 1 N–H and O–H groups in total. The van der Waals surface area contributed by atoms with Gasteiger partial charge in [0.25, 0.3) is 0 Å². The van der Waals surface area contributed by atoms with Crippen LogP contribution in [0.15, 0.2) is 0 Å². The molecule has 1 fully saturated rings. The van der Waals surface area contributed by atoms with E-state index in [1.807, 2.05) is 6.92 Å². The normalized spacial score (nSPS) is 29.3. The van der Waals surface area contributed by atoms with Gasteiger partial charge in [0.2, 0.25) is 0 Å². The molecule has 5 heteroatoms. The maximum atomic E-state index is 12.0. The van der Waals surface area contributed by atoms with E-state index in [9.17, 15) is 13.2 Å². The lowest BCUT2D eigenvalue weighted by Crippen LogP contribution is -2.56. The molecule has 0 amide bonds. The van der Waals surface area contributed by atoms with E-state index in [4.69, 9.17) is 0 Å². The van der Waals surface area contributed by atoms with Crippen LogP contribution in [-0.4, -0.2) is 42.3 Å². The molecule has 0 saturated carbocycles. The molecule has 1 saturated heterocycles. The second-order valence-corrected chi connectivity index (χ2v) is 5.28. The number of halogens is 3. The Morgan fingerprint density at radius 2 is 1.76 bits per heavy atom. The van der Waals surface area contributed by atoms with Crippen LogP contribution in [0.2, 0.25) is 0 Å². The molecule has 1 heterocycles. The molecule has 0 radical (unpaired) electrons. The summed E-state index contributed by atoms with van der Waals surface area (Å²) in [6.45, 7) is 8.12. The summed E-state index contributed by atoms with van der Waals surface area (Å²) in [4.78, 5) is 2.29. The monoisotopic (exact) mass is 252 g/mol. The SMILES string of the molecule is CC1CN(C(C)CCCC(F)(F)F)CC(C)N1. The van der Waals surface area contributed by atoms with E-state index in [1.54, 1.807) is 0 Å². The average Bonchev–Trinajstić information content (AvgIpc) is 2.13. The molecule has 0 spiro atoms. The summed E-state index contributed by atoms with van der Waals surface area (Å²) in [5, 5.41) is 3.42. The van der Waals surface area contributed by atoms with Crippen LogP contribution in [-0.2, 0) is 0 Å². The number of nitrogens with zero attached hydrogens (tertiary/aromatic N) is 1. The quantitative estimate of drug-likeness (QED) is 0.827. The van der Waals surface area contributed by atoms with E-state index in [-0.39, 0.29) is 12.5 Å². The van der Waals surface area contributed by atoms with Crippen LogP contribution < -0.4 is 5.32 Å². The molecular formula is C12H23F3N2. The van der Waals surface area contributed by atoms with Gasteiger partial charge in [-0.25, -0.2) is 0 Å². The highest BCUT2D eigenvalue weighted by Crippen LogP contribution is 2.23. The molecule has 0 aromatic heterocycles. The van der Waals surface area contributed by atoms with Gasteiger partial charge in [-0.05, 0) is 33.6 Å². The summed E-state index contributed by atoms with van der Waals surface area (Å²) in [5.41, 5.74) is 0. The fraction of sp³-hybridized carbons (Fsp3) is 1.00. The van der Waals surface area contributed by atoms with Gasteiger partial charge in [-0.1, -0.05) is 0 Å². The maximum absolute atomic E-state index is 12.0. The molecule has 1 aliphatic heterocycles. The largest absolute Gasteiger partial charge is 0.389 e. The van der Waals surface area contributed by atoms with Gasteiger partial charge in [0.1, 0.15) is 0 Å². The molecule has 0 aliphatic carbocycles. The summed E-state index contributed by atoms with van der Waals surface area (Å²) in [7, 11) is 0. The predicted molar refractivity (Wildman–Crippen MR) is 63.0 cm³/mol. The summed E-state index contributed by atoms with van der Waals surface area (Å²) < 4.78 is 36.1. The Balaban J connectivity index is 2.29. The van der Waals surface area contributed by atoms with Gasteiger partial charge in [0.15, 0.2) is 0 Å². The minimum atomic E-state index is -4.01. The smallest absolute Gasteiger partial charge is 0.309 e. The molecule has 0 aromatic carbocycles. The van der Waals surface area contributed by atoms with Gasteiger partial charge in [0.05, 0.1) is 0 Å². The van der Waals surface area contributed by atoms with Crippen LogP contribution in [0.5, 0.6) is 0 Å². The zero-order chi connectivity index (χ0) is 13.1. The zero-order valence-electron chi connectivity index (χ0n) is 10.8. The van der Waals surface area contributed by atoms with Crippen molar-refractivity contribution in [1.82, 2.24) is 10.2 Å². The van der Waals surface area contributed by atoms with E-state index < -0.39 is 12.6 Å². The topological polar surface area (TPSA) is 15.3 Å². The second kappa shape index (κ2) is 6.05. The number of rotatable bonds is 4. The fourth-order valence-electron chi connectivity index (χ4n) is 2.51. The predicted octanol–water partition coefficient (Wildman–Crippen LogP) is 2.79. The molecule has 1 aliphatic rings. The van der Waals surface area contributed by atoms with E-state index in [0.717, 1.165) is 13.1 Å². The van der Waals surface area contributed by atoms with Gasteiger partial charge in [-0.2, -0.15) is 13.2 Å². The molecule has 17 heavy (non-hydrogen) atoms. The summed E-state index contributed by atoms with van der Waals surface area (Å²) in [5.74, 6) is 0. The zero-order valence-corrected chi connectivity index (χ0v) is 10.8. The molecule has 2 nitrogen and oxygen atoms in total. The average molecular weight is 252 g/mol. The standard InChI is InChI=1S/C12H23F3N2/c1-9-7-17(8-10(2)16-9)11(3)5-4-6-12(13,14)15/h9-11,16H,4-8H2,1-3H3. The fourth-order valence-corrected chi connectivity index (χ4v) is 2.51. The first-order chi connectivity index (χ1) is 7.78. The van der Waals surface area contributed by atoms with Crippen LogP contribution in [0.3, 0.4) is 0 Å². The molecular weight excluding hydrogens is 229 g/mol. The number of hydrogen-bond donors (Lipinski definition) is 1. The molecule has 102 valence electrons. The van der Waals surface area contributed by atoms with Crippen molar-refractivity contribution in [3.63, 3.8) is 0 Å². The molecule has 0 aromatic rings. The van der Waals surface area contributed by atoms with Crippen molar-refractivity contribution in [3.8, 4) is 0 Å². The van der Waals surface area contributed by atoms with Crippen LogP contribution in [0.4, 0.5) is 13.2 Å². The van der Waals surface area contributed by atoms with E-state index in [1.165, 1.54) is 0 Å². The Bertz CT molecular complexity index is 220. The summed E-state index contributed by atoms with van der Waals surface area (Å²) in [6.07, 6.45) is -3.81. The lowest BCUT2D eigenvalue weighted by Gasteiger charge is -2.39. The molecule has 0 bridgehead atoms. The Hall–Kier alpha value is -0.290. The lowest BCUT2D eigenvalue weighted by molar-refractivity contribution is -0.136. The first-order valence-electron chi connectivity index (χ1n) is 6.35. The molecule has 1 rings (SSSR count). The Morgan fingerprint density at radius 1 is 1.24 bits per heavy atom. The van der Waals surface area contributed by atoms with Crippen molar-refractivity contribution in [2.45, 2.75) is 64.3 Å². The highest BCUT2D eigenvalue weighted by molar-refractivity contribution is 4.83. The first kappa shape index (κ1) is 14.8. The minimum absolute atomic E-state index is 0.233. The number of hydrogen-bond acceptors (Lipinski definition) is 2. The highest BCUT2D eigenvalue weighted by atomic mass is 19.4. The highest BCUT2D eigenvalue weighted by Gasteiger charge is 2.28. The van der Waals surface area contributed by atoms with Gasteiger partial charge in [-0.15, -0.1) is 0 Å². The third-order valence-electron chi connectivity index (χ3n) is 3.29. The van der Waals surface area contributed by atoms with E-state index in [0.29, 0.717) is 18.5 Å². The van der Waals surface area contributed by atoms with Crippen molar-refractivity contribution in [2.24, 2.45) is 0 Å². The third kappa shape index (κ3) is 5.73. The van der Waals surface area contributed by atoms with Gasteiger partial charge in [0, 0.05) is 37.6 Å². The maximum Gasteiger partial charge on any atom is 0.389 e. The van der Waals surface area contributed by atoms with E-state index in [2.05, 4.69) is 24.1 Å². The van der Waals surface area contributed by atoms with Crippen LogP contribution in [0, 0.1) is 0 Å². The number of alkyl halides is 3. The Kier molecular flexibility index (Phi) is 5.25. The Labute approximate surface area is 102 Å². The summed E-state index contributed by atoms with van der Waals surface area (Å²) in [6, 6.07) is 1.08. The third-order valence-corrected chi connectivity index (χ3v) is 3.29. The van der Waals surface area contributed by atoms with Crippen molar-refractivity contribution < 1.29 is 13.2 Å². The first-order valence-corrected chi connectivity index (χ1v) is 6.35. The van der Waals surface area contributed by atoms with Crippen molar-refractivity contribution in [2.75, 3.05) is 13.1 Å². The van der Waals surface area contributed by atoms with Gasteiger partial charge >= 0.3 is 6.18 Å². The second-order valence-electron chi connectivity index (χ2n) is 5.28. The van der Waals surface area contributed by atoms with Gasteiger partial charge < -0.3 is 5.32 Å². The van der Waals surface area contributed by atoms with Crippen molar-refractivity contribution in [1.29, 1.82) is 0 Å². The Morgan fingerprint density at radius 3 is 2.24 bits per heavy atom. The molecule has 3 unspecified atom stereocenters. The number of nitrogens with one attached hydrogen (secondary N) is 1. The van der Waals surface area contributed by atoms with Crippen LogP contribution in [0.25, 0.3) is 0 Å². The van der Waals surface area contributed by atoms with Crippen LogP contribution in [0.1, 0.15) is 40.0 Å².